The predicted molar refractivity (Wildman–Crippen MR) is 102 cm³/mol. The van der Waals surface area contributed by atoms with Crippen molar-refractivity contribution in [1.82, 2.24) is 5.32 Å². The summed E-state index contributed by atoms with van der Waals surface area (Å²) in [7, 11) is -2.42. The number of methoxy groups -OCH3 is 1. The number of amides is 1. The highest BCUT2D eigenvalue weighted by Gasteiger charge is 2.21. The van der Waals surface area contributed by atoms with Crippen molar-refractivity contribution < 1.29 is 17.9 Å². The van der Waals surface area contributed by atoms with E-state index in [9.17, 15) is 13.2 Å². The van der Waals surface area contributed by atoms with Gasteiger partial charge in [-0.1, -0.05) is 32.0 Å². The van der Waals surface area contributed by atoms with Crippen LogP contribution >= 0.6 is 0 Å². The molecular formula is C19H24N2O4S. The molecule has 0 radical (unpaired) electrons. The predicted octanol–water partition coefficient (Wildman–Crippen LogP) is 3.37. The SMILES string of the molecule is CCNC(=O)c1cc(S(=O)(=O)Nc2ccccc2C(C)C)ccc1OC. The molecule has 0 unspecified atom stereocenters. The third kappa shape index (κ3) is 4.35. The number of ether oxygens (including phenoxy) is 1. The molecule has 2 aromatic carbocycles. The zero-order valence-corrected chi connectivity index (χ0v) is 16.2. The van der Waals surface area contributed by atoms with Gasteiger partial charge in [0.1, 0.15) is 5.75 Å². The summed E-state index contributed by atoms with van der Waals surface area (Å²) in [6, 6.07) is 11.5. The summed E-state index contributed by atoms with van der Waals surface area (Å²) in [5, 5.41) is 2.65. The molecular weight excluding hydrogens is 352 g/mol. The molecule has 0 aromatic heterocycles. The minimum atomic E-state index is -3.85. The van der Waals surface area contributed by atoms with Crippen LogP contribution in [-0.2, 0) is 10.0 Å². The van der Waals surface area contributed by atoms with E-state index in [4.69, 9.17) is 4.74 Å². The molecule has 0 heterocycles. The molecule has 0 saturated carbocycles. The largest absolute Gasteiger partial charge is 0.496 e. The van der Waals surface area contributed by atoms with Crippen LogP contribution in [0.3, 0.4) is 0 Å². The van der Waals surface area contributed by atoms with Gasteiger partial charge in [-0.05, 0) is 42.7 Å². The van der Waals surface area contributed by atoms with Crippen LogP contribution in [0.1, 0.15) is 42.6 Å². The third-order valence-electron chi connectivity index (χ3n) is 3.89. The van der Waals surface area contributed by atoms with Crippen molar-refractivity contribution in [2.45, 2.75) is 31.6 Å². The summed E-state index contributed by atoms with van der Waals surface area (Å²) in [6.45, 7) is 6.20. The number of carbonyl (C=O) groups excluding carboxylic acids is 1. The van der Waals surface area contributed by atoms with Crippen LogP contribution in [0.4, 0.5) is 5.69 Å². The first-order valence-electron chi connectivity index (χ1n) is 8.38. The summed E-state index contributed by atoms with van der Waals surface area (Å²) in [6.07, 6.45) is 0. The maximum atomic E-state index is 12.8. The maximum absolute atomic E-state index is 12.8. The average Bonchev–Trinajstić information content (AvgIpc) is 2.61. The van der Waals surface area contributed by atoms with Gasteiger partial charge in [-0.2, -0.15) is 0 Å². The third-order valence-corrected chi connectivity index (χ3v) is 5.25. The van der Waals surface area contributed by atoms with E-state index in [2.05, 4.69) is 10.0 Å². The monoisotopic (exact) mass is 376 g/mol. The van der Waals surface area contributed by atoms with Crippen molar-refractivity contribution in [2.75, 3.05) is 18.4 Å². The van der Waals surface area contributed by atoms with E-state index in [1.165, 1.54) is 25.3 Å². The molecule has 0 aliphatic rings. The first-order chi connectivity index (χ1) is 12.3. The van der Waals surface area contributed by atoms with Gasteiger partial charge in [-0.3, -0.25) is 9.52 Å². The van der Waals surface area contributed by atoms with E-state index in [0.29, 0.717) is 18.0 Å². The lowest BCUT2D eigenvalue weighted by atomic mass is 10.0. The zero-order valence-electron chi connectivity index (χ0n) is 15.4. The topological polar surface area (TPSA) is 84.5 Å². The molecule has 0 fully saturated rings. The van der Waals surface area contributed by atoms with Crippen molar-refractivity contribution in [2.24, 2.45) is 0 Å². The number of nitrogens with one attached hydrogen (secondary N) is 2. The Labute approximate surface area is 154 Å². The summed E-state index contributed by atoms with van der Waals surface area (Å²) in [4.78, 5) is 12.2. The van der Waals surface area contributed by atoms with Gasteiger partial charge in [0, 0.05) is 6.54 Å². The van der Waals surface area contributed by atoms with Crippen molar-refractivity contribution in [3.63, 3.8) is 0 Å². The van der Waals surface area contributed by atoms with Crippen LogP contribution in [0.25, 0.3) is 0 Å². The lowest BCUT2D eigenvalue weighted by molar-refractivity contribution is 0.0952. The van der Waals surface area contributed by atoms with E-state index < -0.39 is 10.0 Å². The average molecular weight is 376 g/mol. The van der Waals surface area contributed by atoms with E-state index >= 15 is 0 Å². The van der Waals surface area contributed by atoms with Crippen molar-refractivity contribution in [1.29, 1.82) is 0 Å². The number of benzene rings is 2. The normalized spacial score (nSPS) is 11.3. The summed E-state index contributed by atoms with van der Waals surface area (Å²) in [5.41, 5.74) is 1.60. The standard InChI is InChI=1S/C19H24N2O4S/c1-5-20-19(22)16-12-14(10-11-18(16)25-4)26(23,24)21-17-9-7-6-8-15(17)13(2)3/h6-13,21H,5H2,1-4H3,(H,20,22). The Hall–Kier alpha value is -2.54. The van der Waals surface area contributed by atoms with Crippen LogP contribution < -0.4 is 14.8 Å². The second-order valence-electron chi connectivity index (χ2n) is 6.07. The Balaban J connectivity index is 2.44. The Bertz CT molecular complexity index is 892. The van der Waals surface area contributed by atoms with Crippen LogP contribution in [0, 0.1) is 0 Å². The van der Waals surface area contributed by atoms with E-state index in [1.54, 1.807) is 19.1 Å². The van der Waals surface area contributed by atoms with Crippen molar-refractivity contribution in [3.05, 3.63) is 53.6 Å². The fraction of sp³-hybridized carbons (Fsp3) is 0.316. The molecule has 0 aliphatic carbocycles. The minimum Gasteiger partial charge on any atom is -0.496 e. The molecule has 0 spiro atoms. The molecule has 1 amide bonds. The number of para-hydroxylation sites is 1. The Kier molecular flexibility index (Phi) is 6.26. The molecule has 0 bridgehead atoms. The zero-order chi connectivity index (χ0) is 19.3. The molecule has 2 N–H and O–H groups in total. The molecule has 2 rings (SSSR count). The van der Waals surface area contributed by atoms with Crippen molar-refractivity contribution >= 4 is 21.6 Å². The maximum Gasteiger partial charge on any atom is 0.261 e. The molecule has 140 valence electrons. The van der Waals surface area contributed by atoms with E-state index in [1.807, 2.05) is 26.0 Å². The molecule has 7 heteroatoms. The van der Waals surface area contributed by atoms with Crippen LogP contribution in [-0.4, -0.2) is 28.0 Å². The van der Waals surface area contributed by atoms with Gasteiger partial charge in [0.2, 0.25) is 0 Å². The van der Waals surface area contributed by atoms with Gasteiger partial charge < -0.3 is 10.1 Å². The number of anilines is 1. The smallest absolute Gasteiger partial charge is 0.261 e. The van der Waals surface area contributed by atoms with E-state index in [0.717, 1.165) is 5.56 Å². The Morgan fingerprint density at radius 1 is 1.15 bits per heavy atom. The number of hydrogen-bond donors (Lipinski definition) is 2. The molecule has 2 aromatic rings. The quantitative estimate of drug-likeness (QED) is 0.776. The highest BCUT2D eigenvalue weighted by molar-refractivity contribution is 7.92. The first kappa shape index (κ1) is 19.8. The van der Waals surface area contributed by atoms with Gasteiger partial charge in [0.15, 0.2) is 0 Å². The Morgan fingerprint density at radius 2 is 1.85 bits per heavy atom. The first-order valence-corrected chi connectivity index (χ1v) is 9.86. The number of carbonyl (C=O) groups is 1. The lowest BCUT2D eigenvalue weighted by Gasteiger charge is -2.16. The number of sulfonamides is 1. The molecule has 0 saturated heterocycles. The number of hydrogen-bond acceptors (Lipinski definition) is 4. The van der Waals surface area contributed by atoms with Crippen molar-refractivity contribution in [3.8, 4) is 5.75 Å². The fourth-order valence-corrected chi connectivity index (χ4v) is 3.70. The van der Waals surface area contributed by atoms with Gasteiger partial charge in [-0.15, -0.1) is 0 Å². The molecule has 0 aliphatic heterocycles. The Morgan fingerprint density at radius 3 is 2.46 bits per heavy atom. The van der Waals surface area contributed by atoms with Crippen LogP contribution in [0.15, 0.2) is 47.4 Å². The summed E-state index contributed by atoms with van der Waals surface area (Å²) < 4.78 is 33.4. The second-order valence-corrected chi connectivity index (χ2v) is 7.75. The van der Waals surface area contributed by atoms with Gasteiger partial charge in [0.25, 0.3) is 15.9 Å². The molecule has 0 atom stereocenters. The summed E-state index contributed by atoms with van der Waals surface area (Å²) in [5.74, 6) is 0.0946. The fourth-order valence-electron chi connectivity index (χ4n) is 2.58. The molecule has 26 heavy (non-hydrogen) atoms. The molecule has 6 nitrogen and oxygen atoms in total. The highest BCUT2D eigenvalue weighted by atomic mass is 32.2. The van der Waals surface area contributed by atoms with Gasteiger partial charge in [0.05, 0.1) is 23.3 Å². The highest BCUT2D eigenvalue weighted by Crippen LogP contribution is 2.28. The van der Waals surface area contributed by atoms with Gasteiger partial charge >= 0.3 is 0 Å². The van der Waals surface area contributed by atoms with Gasteiger partial charge in [-0.25, -0.2) is 8.42 Å². The summed E-state index contributed by atoms with van der Waals surface area (Å²) >= 11 is 0. The van der Waals surface area contributed by atoms with E-state index in [-0.39, 0.29) is 22.3 Å². The second kappa shape index (κ2) is 8.23. The van der Waals surface area contributed by atoms with Crippen LogP contribution in [0.2, 0.25) is 0 Å². The van der Waals surface area contributed by atoms with Crippen LogP contribution in [0.5, 0.6) is 5.75 Å². The lowest BCUT2D eigenvalue weighted by Crippen LogP contribution is -2.24. The number of rotatable bonds is 7. The minimum absolute atomic E-state index is 0.00175.